The van der Waals surface area contributed by atoms with Gasteiger partial charge in [0.05, 0.1) is 17.1 Å². The van der Waals surface area contributed by atoms with Crippen LogP contribution in [0.2, 0.25) is 0 Å². The lowest BCUT2D eigenvalue weighted by Crippen LogP contribution is -2.06. The summed E-state index contributed by atoms with van der Waals surface area (Å²) in [5.74, 6) is -0.545. The van der Waals surface area contributed by atoms with Gasteiger partial charge in [0, 0.05) is 5.92 Å². The lowest BCUT2D eigenvalue weighted by atomic mass is 10.1. The fourth-order valence-corrected chi connectivity index (χ4v) is 3.20. The molecule has 2 aromatic carbocycles. The molecule has 0 unspecified atom stereocenters. The molecule has 4 heteroatoms. The maximum Gasteiger partial charge on any atom is 0.339 e. The summed E-state index contributed by atoms with van der Waals surface area (Å²) in [6.07, 6.45) is 2.72. The predicted octanol–water partition coefficient (Wildman–Crippen LogP) is 4.16. The van der Waals surface area contributed by atoms with E-state index < -0.39 is 5.97 Å². The Morgan fingerprint density at radius 2 is 1.96 bits per heavy atom. The standard InChI is InChI=1S/C19H18N2O2/c1-2-16-17(19(22)23)18(13-7-8-13)21(20-16)15-10-9-12-5-3-4-6-14(12)11-15/h3-6,9-11,13H,2,7-8H2,1H3,(H,22,23). The van der Waals surface area contributed by atoms with Crippen molar-refractivity contribution < 1.29 is 9.90 Å². The van der Waals surface area contributed by atoms with E-state index in [-0.39, 0.29) is 0 Å². The van der Waals surface area contributed by atoms with Crippen molar-refractivity contribution in [1.82, 2.24) is 9.78 Å². The number of aromatic nitrogens is 2. The molecule has 0 spiro atoms. The smallest absolute Gasteiger partial charge is 0.339 e. The highest BCUT2D eigenvalue weighted by molar-refractivity contribution is 5.91. The Kier molecular flexibility index (Phi) is 3.18. The summed E-state index contributed by atoms with van der Waals surface area (Å²) >= 11 is 0. The van der Waals surface area contributed by atoms with Crippen LogP contribution in [0.3, 0.4) is 0 Å². The molecule has 4 nitrogen and oxygen atoms in total. The lowest BCUT2D eigenvalue weighted by molar-refractivity contribution is 0.0694. The van der Waals surface area contributed by atoms with Crippen LogP contribution in [0.25, 0.3) is 16.5 Å². The number of aryl methyl sites for hydroxylation is 1. The molecule has 0 atom stereocenters. The van der Waals surface area contributed by atoms with E-state index in [4.69, 9.17) is 0 Å². The third-order valence-corrected chi connectivity index (χ3v) is 4.48. The van der Waals surface area contributed by atoms with Crippen LogP contribution in [0, 0.1) is 0 Å². The number of hydrogen-bond acceptors (Lipinski definition) is 2. The third-order valence-electron chi connectivity index (χ3n) is 4.48. The summed E-state index contributed by atoms with van der Waals surface area (Å²) < 4.78 is 1.85. The molecule has 1 heterocycles. The van der Waals surface area contributed by atoms with Crippen molar-refractivity contribution in [2.24, 2.45) is 0 Å². The monoisotopic (exact) mass is 306 g/mol. The van der Waals surface area contributed by atoms with Gasteiger partial charge in [-0.15, -0.1) is 0 Å². The van der Waals surface area contributed by atoms with Gasteiger partial charge in [-0.2, -0.15) is 5.10 Å². The zero-order valence-electron chi connectivity index (χ0n) is 13.0. The summed E-state index contributed by atoms with van der Waals surface area (Å²) in [6.45, 7) is 1.95. The predicted molar refractivity (Wildman–Crippen MR) is 89.4 cm³/mol. The van der Waals surface area contributed by atoms with Crippen LogP contribution in [0.1, 0.15) is 47.4 Å². The third kappa shape index (κ3) is 2.31. The highest BCUT2D eigenvalue weighted by atomic mass is 16.4. The van der Waals surface area contributed by atoms with E-state index in [1.54, 1.807) is 0 Å². The number of carbonyl (C=O) groups is 1. The second-order valence-corrected chi connectivity index (χ2v) is 6.08. The van der Waals surface area contributed by atoms with Crippen molar-refractivity contribution in [1.29, 1.82) is 0 Å². The number of fused-ring (bicyclic) bond motifs is 1. The van der Waals surface area contributed by atoms with Gasteiger partial charge in [-0.05, 0) is 42.2 Å². The Bertz CT molecular complexity index is 907. The molecule has 1 aliphatic carbocycles. The molecular weight excluding hydrogens is 288 g/mol. The van der Waals surface area contributed by atoms with Crippen molar-refractivity contribution in [2.45, 2.75) is 32.1 Å². The van der Waals surface area contributed by atoms with Gasteiger partial charge < -0.3 is 5.11 Å². The van der Waals surface area contributed by atoms with Crippen molar-refractivity contribution in [3.8, 4) is 5.69 Å². The summed E-state index contributed by atoms with van der Waals surface area (Å²) in [5, 5.41) is 16.6. The van der Waals surface area contributed by atoms with Gasteiger partial charge in [-0.3, -0.25) is 0 Å². The van der Waals surface area contributed by atoms with E-state index in [0.29, 0.717) is 23.6 Å². The maximum atomic E-state index is 11.7. The molecule has 0 saturated heterocycles. The highest BCUT2D eigenvalue weighted by Gasteiger charge is 2.35. The lowest BCUT2D eigenvalue weighted by Gasteiger charge is -2.09. The maximum absolute atomic E-state index is 11.7. The Labute approximate surface area is 134 Å². The topological polar surface area (TPSA) is 55.1 Å². The first-order chi connectivity index (χ1) is 11.2. The number of aromatic carboxylic acids is 1. The van der Waals surface area contributed by atoms with Crippen LogP contribution in [0.15, 0.2) is 42.5 Å². The fraction of sp³-hybridized carbons (Fsp3) is 0.263. The van der Waals surface area contributed by atoms with Crippen LogP contribution in [0.5, 0.6) is 0 Å². The minimum Gasteiger partial charge on any atom is -0.478 e. The largest absolute Gasteiger partial charge is 0.478 e. The molecule has 0 bridgehead atoms. The number of benzene rings is 2. The second-order valence-electron chi connectivity index (χ2n) is 6.08. The Hall–Kier alpha value is -2.62. The molecule has 1 aromatic heterocycles. The van der Waals surface area contributed by atoms with E-state index >= 15 is 0 Å². The number of hydrogen-bond donors (Lipinski definition) is 1. The Morgan fingerprint density at radius 3 is 2.61 bits per heavy atom. The average Bonchev–Trinajstić information content (AvgIpc) is 3.33. The highest BCUT2D eigenvalue weighted by Crippen LogP contribution is 2.43. The number of rotatable bonds is 4. The summed E-state index contributed by atoms with van der Waals surface area (Å²) in [5.41, 5.74) is 2.88. The van der Waals surface area contributed by atoms with Gasteiger partial charge in [0.25, 0.3) is 0 Å². The molecule has 23 heavy (non-hydrogen) atoms. The van der Waals surface area contributed by atoms with Crippen molar-refractivity contribution in [3.05, 3.63) is 59.4 Å². The Morgan fingerprint density at radius 1 is 1.22 bits per heavy atom. The number of carboxylic acid groups (broad SMARTS) is 1. The van der Waals surface area contributed by atoms with Crippen LogP contribution in [-0.4, -0.2) is 20.9 Å². The van der Waals surface area contributed by atoms with Gasteiger partial charge in [-0.25, -0.2) is 9.48 Å². The van der Waals surface area contributed by atoms with E-state index in [1.165, 1.54) is 5.39 Å². The summed E-state index contributed by atoms with van der Waals surface area (Å²) in [6, 6.07) is 14.3. The van der Waals surface area contributed by atoms with Gasteiger partial charge >= 0.3 is 5.97 Å². The van der Waals surface area contributed by atoms with Crippen molar-refractivity contribution in [2.75, 3.05) is 0 Å². The summed E-state index contributed by atoms with van der Waals surface area (Å²) in [7, 11) is 0. The zero-order valence-corrected chi connectivity index (χ0v) is 13.0. The van der Waals surface area contributed by atoms with Gasteiger partial charge in [0.15, 0.2) is 0 Å². The molecule has 0 radical (unpaired) electrons. The first-order valence-corrected chi connectivity index (χ1v) is 8.03. The quantitative estimate of drug-likeness (QED) is 0.787. The normalized spacial score (nSPS) is 14.3. The first-order valence-electron chi connectivity index (χ1n) is 8.03. The van der Waals surface area contributed by atoms with Crippen LogP contribution in [0.4, 0.5) is 0 Å². The molecular formula is C19H18N2O2. The van der Waals surface area contributed by atoms with E-state index in [9.17, 15) is 9.90 Å². The van der Waals surface area contributed by atoms with E-state index in [2.05, 4.69) is 29.4 Å². The molecule has 3 aromatic rings. The van der Waals surface area contributed by atoms with E-state index in [0.717, 1.165) is 29.6 Å². The second kappa shape index (κ2) is 5.23. The first kappa shape index (κ1) is 14.0. The van der Waals surface area contributed by atoms with Gasteiger partial charge in [0.2, 0.25) is 0 Å². The van der Waals surface area contributed by atoms with Gasteiger partial charge in [0.1, 0.15) is 5.56 Å². The molecule has 0 amide bonds. The van der Waals surface area contributed by atoms with Crippen LogP contribution < -0.4 is 0 Å². The number of carboxylic acids is 1. The molecule has 1 N–H and O–H groups in total. The fourth-order valence-electron chi connectivity index (χ4n) is 3.20. The Balaban J connectivity index is 1.94. The van der Waals surface area contributed by atoms with Gasteiger partial charge in [-0.1, -0.05) is 37.3 Å². The minimum absolute atomic E-state index is 0.320. The van der Waals surface area contributed by atoms with Crippen LogP contribution in [-0.2, 0) is 6.42 Å². The molecule has 1 fully saturated rings. The minimum atomic E-state index is -0.865. The molecule has 1 saturated carbocycles. The van der Waals surface area contributed by atoms with Crippen molar-refractivity contribution in [3.63, 3.8) is 0 Å². The van der Waals surface area contributed by atoms with Crippen molar-refractivity contribution >= 4 is 16.7 Å². The van der Waals surface area contributed by atoms with E-state index in [1.807, 2.05) is 29.8 Å². The molecule has 0 aliphatic heterocycles. The molecule has 116 valence electrons. The zero-order chi connectivity index (χ0) is 16.0. The number of nitrogens with zero attached hydrogens (tertiary/aromatic N) is 2. The summed E-state index contributed by atoms with van der Waals surface area (Å²) in [4.78, 5) is 11.7. The van der Waals surface area contributed by atoms with Crippen LogP contribution >= 0.6 is 0 Å². The average molecular weight is 306 g/mol. The molecule has 1 aliphatic rings. The molecule has 4 rings (SSSR count). The SMILES string of the molecule is CCc1nn(-c2ccc3ccccc3c2)c(C2CC2)c1C(=O)O.